The topological polar surface area (TPSA) is 67.0 Å². The number of hydrogen-bond acceptors (Lipinski definition) is 3. The van der Waals surface area contributed by atoms with Crippen molar-refractivity contribution in [2.75, 3.05) is 13.2 Å². The van der Waals surface area contributed by atoms with Gasteiger partial charge < -0.3 is 15.0 Å². The van der Waals surface area contributed by atoms with Crippen LogP contribution in [0.2, 0.25) is 0 Å². The fourth-order valence-corrected chi connectivity index (χ4v) is 3.63. The number of fused-ring (bicyclic) bond motifs is 2. The van der Waals surface area contributed by atoms with Crippen molar-refractivity contribution in [1.29, 1.82) is 0 Å². The molecular formula is C23H22FN3O2. The number of ether oxygens (including phenoxy) is 1. The molecule has 0 spiro atoms. The lowest BCUT2D eigenvalue weighted by Crippen LogP contribution is -2.30. The highest BCUT2D eigenvalue weighted by molar-refractivity contribution is 5.88. The Bertz CT molecular complexity index is 1200. The third-order valence-electron chi connectivity index (χ3n) is 5.07. The van der Waals surface area contributed by atoms with Crippen LogP contribution < -0.4 is 10.1 Å². The highest BCUT2D eigenvalue weighted by Crippen LogP contribution is 2.27. The van der Waals surface area contributed by atoms with Gasteiger partial charge in [0.25, 0.3) is 5.91 Å². The van der Waals surface area contributed by atoms with Crippen molar-refractivity contribution in [3.8, 4) is 5.75 Å². The van der Waals surface area contributed by atoms with E-state index in [0.717, 1.165) is 33.1 Å². The van der Waals surface area contributed by atoms with Crippen molar-refractivity contribution >= 4 is 27.7 Å². The monoisotopic (exact) mass is 391 g/mol. The number of hydrogen-bond donors (Lipinski definition) is 2. The fourth-order valence-electron chi connectivity index (χ4n) is 3.63. The van der Waals surface area contributed by atoms with Gasteiger partial charge in [0.1, 0.15) is 11.6 Å². The maximum absolute atomic E-state index is 14.0. The lowest BCUT2D eigenvalue weighted by atomic mass is 10.0. The second kappa shape index (κ2) is 7.91. The number of pyridine rings is 1. The molecule has 0 aliphatic rings. The molecule has 2 N–H and O–H groups in total. The zero-order chi connectivity index (χ0) is 20.4. The summed E-state index contributed by atoms with van der Waals surface area (Å²) in [5.74, 6) is 0.166. The third kappa shape index (κ3) is 3.92. The standard InChI is InChI=1S/C23H22FN3O2/c1-14-5-7-19(24)23-22(14)18(15(2)27-23)9-11-26-21(28)13-29-17-6-8-20-16(12-17)4-3-10-25-20/h3-8,10,12,27H,9,11,13H2,1-2H3,(H,26,28). The number of H-pyrrole nitrogens is 1. The second-order valence-electron chi connectivity index (χ2n) is 7.09. The highest BCUT2D eigenvalue weighted by Gasteiger charge is 2.14. The van der Waals surface area contributed by atoms with Gasteiger partial charge in [-0.25, -0.2) is 4.39 Å². The van der Waals surface area contributed by atoms with Gasteiger partial charge in [0, 0.05) is 29.2 Å². The number of aromatic nitrogens is 2. The molecule has 6 heteroatoms. The average Bonchev–Trinajstić information content (AvgIpc) is 3.06. The van der Waals surface area contributed by atoms with Gasteiger partial charge in [0.15, 0.2) is 6.61 Å². The molecule has 2 aromatic heterocycles. The molecule has 148 valence electrons. The number of aromatic amines is 1. The first-order valence-corrected chi connectivity index (χ1v) is 9.53. The smallest absolute Gasteiger partial charge is 0.257 e. The Balaban J connectivity index is 1.35. The molecule has 0 radical (unpaired) electrons. The van der Waals surface area contributed by atoms with Crippen LogP contribution in [0.5, 0.6) is 5.75 Å². The SMILES string of the molecule is Cc1[nH]c2c(F)ccc(C)c2c1CCNC(=O)COc1ccc2ncccc2c1. The van der Waals surface area contributed by atoms with Crippen molar-refractivity contribution in [1.82, 2.24) is 15.3 Å². The molecular weight excluding hydrogens is 369 g/mol. The quantitative estimate of drug-likeness (QED) is 0.517. The predicted octanol–water partition coefficient (Wildman–Crippen LogP) is 4.21. The largest absolute Gasteiger partial charge is 0.484 e. The van der Waals surface area contributed by atoms with Gasteiger partial charge in [-0.05, 0) is 61.7 Å². The van der Waals surface area contributed by atoms with Crippen LogP contribution in [-0.4, -0.2) is 29.0 Å². The van der Waals surface area contributed by atoms with E-state index in [1.807, 2.05) is 38.1 Å². The molecule has 0 bridgehead atoms. The minimum Gasteiger partial charge on any atom is -0.484 e. The van der Waals surface area contributed by atoms with Crippen LogP contribution in [-0.2, 0) is 11.2 Å². The Morgan fingerprint density at radius 1 is 1.21 bits per heavy atom. The van der Waals surface area contributed by atoms with E-state index in [1.54, 1.807) is 18.3 Å². The van der Waals surface area contributed by atoms with Gasteiger partial charge in [-0.1, -0.05) is 12.1 Å². The first-order chi connectivity index (χ1) is 14.0. The molecule has 0 saturated heterocycles. The zero-order valence-corrected chi connectivity index (χ0v) is 16.4. The van der Waals surface area contributed by atoms with Gasteiger partial charge in [0.2, 0.25) is 0 Å². The van der Waals surface area contributed by atoms with Crippen molar-refractivity contribution in [2.45, 2.75) is 20.3 Å². The molecule has 0 fully saturated rings. The summed E-state index contributed by atoms with van der Waals surface area (Å²) in [6.07, 6.45) is 2.35. The molecule has 2 heterocycles. The summed E-state index contributed by atoms with van der Waals surface area (Å²) in [4.78, 5) is 19.5. The summed E-state index contributed by atoms with van der Waals surface area (Å²) in [6.45, 7) is 4.28. The number of amides is 1. The minimum atomic E-state index is -0.261. The summed E-state index contributed by atoms with van der Waals surface area (Å²) in [6, 6.07) is 12.6. The number of nitrogens with zero attached hydrogens (tertiary/aromatic N) is 1. The third-order valence-corrected chi connectivity index (χ3v) is 5.07. The van der Waals surface area contributed by atoms with E-state index in [4.69, 9.17) is 4.74 Å². The summed E-state index contributed by atoms with van der Waals surface area (Å²) in [5.41, 5.74) is 4.37. The number of carbonyl (C=O) groups excluding carboxylic acids is 1. The summed E-state index contributed by atoms with van der Waals surface area (Å²) >= 11 is 0. The van der Waals surface area contributed by atoms with Crippen molar-refractivity contribution in [2.24, 2.45) is 0 Å². The Morgan fingerprint density at radius 3 is 2.93 bits per heavy atom. The van der Waals surface area contributed by atoms with Gasteiger partial charge in [-0.2, -0.15) is 0 Å². The highest BCUT2D eigenvalue weighted by atomic mass is 19.1. The number of rotatable bonds is 6. The Labute approximate surface area is 167 Å². The molecule has 4 aromatic rings. The van der Waals surface area contributed by atoms with Crippen LogP contribution in [0.4, 0.5) is 4.39 Å². The van der Waals surface area contributed by atoms with Crippen molar-refractivity contribution in [3.05, 3.63) is 71.3 Å². The van der Waals surface area contributed by atoms with E-state index >= 15 is 0 Å². The maximum Gasteiger partial charge on any atom is 0.257 e. The molecule has 1 amide bonds. The van der Waals surface area contributed by atoms with Gasteiger partial charge in [-0.3, -0.25) is 9.78 Å². The van der Waals surface area contributed by atoms with Crippen LogP contribution in [0.3, 0.4) is 0 Å². The Morgan fingerprint density at radius 2 is 2.07 bits per heavy atom. The fraction of sp³-hybridized carbons (Fsp3) is 0.217. The number of halogens is 1. The molecule has 2 aromatic carbocycles. The first kappa shape index (κ1) is 18.9. The average molecular weight is 391 g/mol. The van der Waals surface area contributed by atoms with Crippen LogP contribution in [0.15, 0.2) is 48.7 Å². The van der Waals surface area contributed by atoms with Crippen LogP contribution in [0.1, 0.15) is 16.8 Å². The van der Waals surface area contributed by atoms with Crippen molar-refractivity contribution in [3.63, 3.8) is 0 Å². The van der Waals surface area contributed by atoms with Gasteiger partial charge in [-0.15, -0.1) is 0 Å². The molecule has 0 saturated carbocycles. The van der Waals surface area contributed by atoms with E-state index in [0.29, 0.717) is 24.2 Å². The zero-order valence-electron chi connectivity index (χ0n) is 16.4. The van der Waals surface area contributed by atoms with Crippen LogP contribution in [0.25, 0.3) is 21.8 Å². The van der Waals surface area contributed by atoms with Crippen molar-refractivity contribution < 1.29 is 13.9 Å². The number of nitrogens with one attached hydrogen (secondary N) is 2. The number of aryl methyl sites for hydroxylation is 2. The summed E-state index contributed by atoms with van der Waals surface area (Å²) in [5, 5.41) is 4.73. The maximum atomic E-state index is 14.0. The molecule has 0 aliphatic heterocycles. The van der Waals surface area contributed by atoms with E-state index in [9.17, 15) is 9.18 Å². The van der Waals surface area contributed by atoms with Gasteiger partial charge >= 0.3 is 0 Å². The predicted molar refractivity (Wildman–Crippen MR) is 112 cm³/mol. The lowest BCUT2D eigenvalue weighted by molar-refractivity contribution is -0.123. The summed E-state index contributed by atoms with van der Waals surface area (Å²) in [7, 11) is 0. The van der Waals surface area contributed by atoms with Crippen LogP contribution in [0, 0.1) is 19.7 Å². The van der Waals surface area contributed by atoms with E-state index in [1.165, 1.54) is 6.07 Å². The Kier molecular flexibility index (Phi) is 5.16. The summed E-state index contributed by atoms with van der Waals surface area (Å²) < 4.78 is 19.6. The van der Waals surface area contributed by atoms with E-state index in [-0.39, 0.29) is 18.3 Å². The number of carbonyl (C=O) groups is 1. The van der Waals surface area contributed by atoms with E-state index in [2.05, 4.69) is 15.3 Å². The minimum absolute atomic E-state index is 0.0632. The molecule has 29 heavy (non-hydrogen) atoms. The molecule has 4 rings (SSSR count). The van der Waals surface area contributed by atoms with Gasteiger partial charge in [0.05, 0.1) is 11.0 Å². The molecule has 0 atom stereocenters. The first-order valence-electron chi connectivity index (χ1n) is 9.53. The molecule has 5 nitrogen and oxygen atoms in total. The number of benzene rings is 2. The molecule has 0 aliphatic carbocycles. The molecule has 0 unspecified atom stereocenters. The second-order valence-corrected chi connectivity index (χ2v) is 7.09. The van der Waals surface area contributed by atoms with Crippen LogP contribution >= 0.6 is 0 Å². The lowest BCUT2D eigenvalue weighted by Gasteiger charge is -2.09. The normalized spacial score (nSPS) is 11.1. The van der Waals surface area contributed by atoms with E-state index < -0.39 is 0 Å². The Hall–Kier alpha value is -3.41.